The first-order chi connectivity index (χ1) is 14.1. The van der Waals surface area contributed by atoms with Crippen LogP contribution in [0.4, 0.5) is 0 Å². The standard InChI is InChI=1S/C13H14N2S.C11H22N2O/c1-3-14-8-11-4-6-12(7-5-11)13-10(2)15-9-16-13;1-8-6-5-7-13(8)10(14)9(12)11(2,3)4/h3-7,9,14H,1,8H2,2H3;8-9H,5-7,12H2,1-4H3. The van der Waals surface area contributed by atoms with E-state index in [4.69, 9.17) is 5.73 Å². The van der Waals surface area contributed by atoms with Gasteiger partial charge in [0.05, 0.1) is 22.1 Å². The number of amides is 1. The van der Waals surface area contributed by atoms with Crippen molar-refractivity contribution < 1.29 is 4.79 Å². The molecule has 0 spiro atoms. The number of carbonyl (C=O) groups excluding carboxylic acids is 1. The first-order valence-corrected chi connectivity index (χ1v) is 11.4. The van der Waals surface area contributed by atoms with Gasteiger partial charge in [0.2, 0.25) is 5.91 Å². The van der Waals surface area contributed by atoms with Gasteiger partial charge in [0.25, 0.3) is 0 Å². The highest BCUT2D eigenvalue weighted by Crippen LogP contribution is 2.27. The number of rotatable bonds is 5. The van der Waals surface area contributed by atoms with Crippen molar-refractivity contribution in [3.63, 3.8) is 0 Å². The van der Waals surface area contributed by atoms with Gasteiger partial charge in [0.15, 0.2) is 0 Å². The van der Waals surface area contributed by atoms with Crippen molar-refractivity contribution >= 4 is 17.2 Å². The Kier molecular flexibility index (Phi) is 8.62. The first kappa shape index (κ1) is 24.1. The first-order valence-electron chi connectivity index (χ1n) is 10.5. The monoisotopic (exact) mass is 428 g/mol. The van der Waals surface area contributed by atoms with Gasteiger partial charge in [-0.15, -0.1) is 11.3 Å². The van der Waals surface area contributed by atoms with E-state index >= 15 is 0 Å². The van der Waals surface area contributed by atoms with Crippen LogP contribution >= 0.6 is 11.3 Å². The zero-order chi connectivity index (χ0) is 22.3. The lowest BCUT2D eigenvalue weighted by molar-refractivity contribution is -0.135. The highest BCUT2D eigenvalue weighted by Gasteiger charge is 2.34. The van der Waals surface area contributed by atoms with Crippen molar-refractivity contribution in [2.45, 2.75) is 66.1 Å². The van der Waals surface area contributed by atoms with Gasteiger partial charge < -0.3 is 16.0 Å². The Morgan fingerprint density at radius 1 is 1.40 bits per heavy atom. The zero-order valence-electron chi connectivity index (χ0n) is 18.9. The van der Waals surface area contributed by atoms with E-state index in [0.717, 1.165) is 31.6 Å². The van der Waals surface area contributed by atoms with Crippen LogP contribution in [0.3, 0.4) is 0 Å². The molecule has 0 aliphatic carbocycles. The number of hydrogen-bond acceptors (Lipinski definition) is 5. The molecule has 3 N–H and O–H groups in total. The minimum Gasteiger partial charge on any atom is -0.387 e. The van der Waals surface area contributed by atoms with Gasteiger partial charge in [-0.3, -0.25) is 4.79 Å². The van der Waals surface area contributed by atoms with Crippen molar-refractivity contribution in [1.82, 2.24) is 15.2 Å². The van der Waals surface area contributed by atoms with Gasteiger partial charge in [-0.2, -0.15) is 0 Å². The average Bonchev–Trinajstić information content (AvgIpc) is 3.33. The summed E-state index contributed by atoms with van der Waals surface area (Å²) in [7, 11) is 0. The Labute approximate surface area is 185 Å². The van der Waals surface area contributed by atoms with Crippen LogP contribution in [0.5, 0.6) is 0 Å². The van der Waals surface area contributed by atoms with E-state index in [1.807, 2.05) is 38.1 Å². The van der Waals surface area contributed by atoms with E-state index in [9.17, 15) is 4.79 Å². The highest BCUT2D eigenvalue weighted by molar-refractivity contribution is 7.13. The lowest BCUT2D eigenvalue weighted by atomic mass is 9.86. The highest BCUT2D eigenvalue weighted by atomic mass is 32.1. The average molecular weight is 429 g/mol. The number of nitrogens with two attached hydrogens (primary N) is 1. The van der Waals surface area contributed by atoms with Crippen LogP contribution < -0.4 is 11.1 Å². The van der Waals surface area contributed by atoms with Crippen LogP contribution in [0.1, 0.15) is 51.8 Å². The number of likely N-dealkylation sites (tertiary alicyclic amines) is 1. The summed E-state index contributed by atoms with van der Waals surface area (Å²) in [6.07, 6.45) is 3.94. The molecule has 1 amide bonds. The van der Waals surface area contributed by atoms with Gasteiger partial charge in [-0.25, -0.2) is 4.98 Å². The second-order valence-corrected chi connectivity index (χ2v) is 9.77. The molecular formula is C24H36N4OS. The van der Waals surface area contributed by atoms with Crippen LogP contribution in [0.15, 0.2) is 42.6 Å². The van der Waals surface area contributed by atoms with Crippen molar-refractivity contribution in [3.05, 3.63) is 53.8 Å². The molecule has 5 nitrogen and oxygen atoms in total. The SMILES string of the molecule is C=CNCc1ccc(-c2scnc2C)cc1.CC1CCCN1C(=O)C(N)C(C)(C)C. The molecule has 30 heavy (non-hydrogen) atoms. The molecule has 1 saturated heterocycles. The Balaban J connectivity index is 0.000000216. The topological polar surface area (TPSA) is 71.2 Å². The van der Waals surface area contributed by atoms with Crippen molar-refractivity contribution in [2.75, 3.05) is 6.54 Å². The summed E-state index contributed by atoms with van der Waals surface area (Å²) in [5.41, 5.74) is 11.3. The van der Waals surface area contributed by atoms with E-state index < -0.39 is 0 Å². The summed E-state index contributed by atoms with van der Waals surface area (Å²) >= 11 is 1.68. The number of aromatic nitrogens is 1. The van der Waals surface area contributed by atoms with Gasteiger partial charge in [-0.1, -0.05) is 51.6 Å². The summed E-state index contributed by atoms with van der Waals surface area (Å²) in [4.78, 5) is 19.4. The van der Waals surface area contributed by atoms with Gasteiger partial charge in [0.1, 0.15) is 0 Å². The molecule has 1 aliphatic rings. The van der Waals surface area contributed by atoms with Gasteiger partial charge in [-0.05, 0) is 49.4 Å². The number of nitrogens with zero attached hydrogens (tertiary/aromatic N) is 2. The molecule has 2 heterocycles. The third-order valence-electron chi connectivity index (χ3n) is 5.45. The van der Waals surface area contributed by atoms with E-state index in [-0.39, 0.29) is 17.4 Å². The minimum atomic E-state index is -0.372. The second-order valence-electron chi connectivity index (χ2n) is 8.92. The molecule has 2 aromatic rings. The third kappa shape index (κ3) is 6.41. The zero-order valence-corrected chi connectivity index (χ0v) is 19.8. The summed E-state index contributed by atoms with van der Waals surface area (Å²) in [6, 6.07) is 8.54. The lowest BCUT2D eigenvalue weighted by Crippen LogP contribution is -2.51. The molecule has 0 bridgehead atoms. The quantitative estimate of drug-likeness (QED) is 0.723. The summed E-state index contributed by atoms with van der Waals surface area (Å²) in [5, 5.41) is 3.08. The molecule has 3 rings (SSSR count). The van der Waals surface area contributed by atoms with Crippen molar-refractivity contribution in [2.24, 2.45) is 11.1 Å². The predicted molar refractivity (Wildman–Crippen MR) is 127 cm³/mol. The van der Waals surface area contributed by atoms with Crippen LogP contribution in [-0.4, -0.2) is 34.4 Å². The van der Waals surface area contributed by atoms with Crippen LogP contribution in [-0.2, 0) is 11.3 Å². The number of aryl methyl sites for hydroxylation is 1. The summed E-state index contributed by atoms with van der Waals surface area (Å²) in [5.74, 6) is 0.113. The molecular weight excluding hydrogens is 392 g/mol. The van der Waals surface area contributed by atoms with Crippen molar-refractivity contribution in [1.29, 1.82) is 0 Å². The largest absolute Gasteiger partial charge is 0.387 e. The third-order valence-corrected chi connectivity index (χ3v) is 6.42. The Morgan fingerprint density at radius 3 is 2.53 bits per heavy atom. The lowest BCUT2D eigenvalue weighted by Gasteiger charge is -2.31. The fourth-order valence-corrected chi connectivity index (χ4v) is 4.16. The van der Waals surface area contributed by atoms with Gasteiger partial charge in [0, 0.05) is 19.1 Å². The molecule has 1 fully saturated rings. The fourth-order valence-electron chi connectivity index (χ4n) is 3.35. The van der Waals surface area contributed by atoms with E-state index in [1.54, 1.807) is 17.5 Å². The van der Waals surface area contributed by atoms with Crippen molar-refractivity contribution in [3.8, 4) is 10.4 Å². The number of thiazole rings is 1. The van der Waals surface area contributed by atoms with E-state index in [0.29, 0.717) is 6.04 Å². The molecule has 2 atom stereocenters. The van der Waals surface area contributed by atoms with E-state index in [1.165, 1.54) is 16.0 Å². The Morgan fingerprint density at radius 2 is 2.07 bits per heavy atom. The number of hydrogen-bond donors (Lipinski definition) is 2. The number of nitrogens with one attached hydrogen (secondary N) is 1. The summed E-state index contributed by atoms with van der Waals surface area (Å²) in [6.45, 7) is 15.5. The number of benzene rings is 1. The molecule has 6 heteroatoms. The molecule has 164 valence electrons. The van der Waals surface area contributed by atoms with Crippen LogP contribution in [0, 0.1) is 12.3 Å². The van der Waals surface area contributed by atoms with Crippen LogP contribution in [0.25, 0.3) is 10.4 Å². The van der Waals surface area contributed by atoms with Crippen LogP contribution in [0.2, 0.25) is 0 Å². The molecule has 0 radical (unpaired) electrons. The maximum absolute atomic E-state index is 12.0. The predicted octanol–water partition coefficient (Wildman–Crippen LogP) is 4.72. The normalized spacial score (nSPS) is 17.1. The molecule has 2 unspecified atom stereocenters. The molecule has 1 aliphatic heterocycles. The minimum absolute atomic E-state index is 0.113. The molecule has 0 saturated carbocycles. The Hall–Kier alpha value is -2.18. The summed E-state index contributed by atoms with van der Waals surface area (Å²) < 4.78 is 0. The second kappa shape index (κ2) is 10.7. The fraction of sp³-hybridized carbons (Fsp3) is 0.500. The maximum Gasteiger partial charge on any atom is 0.240 e. The Bertz CT molecular complexity index is 818. The maximum atomic E-state index is 12.0. The number of carbonyl (C=O) groups is 1. The smallest absolute Gasteiger partial charge is 0.240 e. The van der Waals surface area contributed by atoms with E-state index in [2.05, 4.69) is 48.1 Å². The van der Waals surface area contributed by atoms with Gasteiger partial charge >= 0.3 is 0 Å². The molecule has 1 aromatic carbocycles. The molecule has 1 aromatic heterocycles.